The summed E-state index contributed by atoms with van der Waals surface area (Å²) in [6, 6.07) is 0. The van der Waals surface area contributed by atoms with Gasteiger partial charge in [-0.1, -0.05) is 13.8 Å². The van der Waals surface area contributed by atoms with Crippen LogP contribution >= 0.6 is 0 Å². The second-order valence-corrected chi connectivity index (χ2v) is 4.06. The number of nitrogens with one attached hydrogen (secondary N) is 1. The van der Waals surface area contributed by atoms with Crippen LogP contribution in [0.15, 0.2) is 0 Å². The van der Waals surface area contributed by atoms with Gasteiger partial charge >= 0.3 is 0 Å². The Morgan fingerprint density at radius 2 is 2.00 bits per heavy atom. The Bertz CT molecular complexity index is 240. The molecule has 88 valence electrons. The van der Waals surface area contributed by atoms with Crippen molar-refractivity contribution in [3.63, 3.8) is 0 Å². The Balaban J connectivity index is 4.05. The monoisotopic (exact) mass is 218 g/mol. The van der Waals surface area contributed by atoms with E-state index in [2.05, 4.69) is 5.32 Å². The summed E-state index contributed by atoms with van der Waals surface area (Å²) < 4.78 is 0. The molecule has 0 bridgehead atoms. The van der Waals surface area contributed by atoms with Crippen LogP contribution in [0.25, 0.3) is 0 Å². The summed E-state index contributed by atoms with van der Waals surface area (Å²) in [5, 5.41) is 20.8. The molecular weight excluding hydrogens is 200 g/mol. The van der Waals surface area contributed by atoms with Crippen molar-refractivity contribution in [2.75, 3.05) is 13.2 Å². The number of primary amides is 1. The molecule has 0 heterocycles. The van der Waals surface area contributed by atoms with Crippen LogP contribution in [-0.4, -0.2) is 41.3 Å². The van der Waals surface area contributed by atoms with Gasteiger partial charge in [-0.25, -0.2) is 0 Å². The van der Waals surface area contributed by atoms with Crippen molar-refractivity contribution < 1.29 is 19.8 Å². The molecule has 0 saturated heterocycles. The quantitative estimate of drug-likeness (QED) is 0.428. The van der Waals surface area contributed by atoms with E-state index in [0.717, 1.165) is 0 Å². The van der Waals surface area contributed by atoms with Crippen LogP contribution in [-0.2, 0) is 9.59 Å². The highest BCUT2D eigenvalue weighted by Crippen LogP contribution is 2.19. The summed E-state index contributed by atoms with van der Waals surface area (Å²) in [5.74, 6) is -1.14. The first kappa shape index (κ1) is 13.9. The van der Waals surface area contributed by atoms with Crippen LogP contribution in [0.2, 0.25) is 0 Å². The number of aliphatic hydroxyl groups excluding tert-OH is 2. The van der Waals surface area contributed by atoms with Crippen LogP contribution in [0.4, 0.5) is 0 Å². The lowest BCUT2D eigenvalue weighted by Gasteiger charge is -2.26. The highest BCUT2D eigenvalue weighted by atomic mass is 16.3. The molecule has 6 heteroatoms. The molecule has 0 aliphatic rings. The fourth-order valence-corrected chi connectivity index (χ4v) is 0.847. The van der Waals surface area contributed by atoms with Gasteiger partial charge in [-0.05, 0) is 0 Å². The number of nitrogens with two attached hydrogens (primary N) is 1. The van der Waals surface area contributed by atoms with E-state index in [1.165, 1.54) is 0 Å². The SMILES string of the molecule is CC(C)(CO)C(O)C(=O)NCCC(N)=O. The van der Waals surface area contributed by atoms with Crippen LogP contribution < -0.4 is 11.1 Å². The maximum Gasteiger partial charge on any atom is 0.249 e. The van der Waals surface area contributed by atoms with E-state index in [-0.39, 0.29) is 19.6 Å². The highest BCUT2D eigenvalue weighted by Gasteiger charge is 2.32. The number of hydrogen-bond donors (Lipinski definition) is 4. The van der Waals surface area contributed by atoms with Gasteiger partial charge in [0.2, 0.25) is 11.8 Å². The number of rotatable bonds is 6. The molecule has 6 nitrogen and oxygen atoms in total. The zero-order valence-corrected chi connectivity index (χ0v) is 8.99. The lowest BCUT2D eigenvalue weighted by molar-refractivity contribution is -0.137. The minimum Gasteiger partial charge on any atom is -0.396 e. The zero-order chi connectivity index (χ0) is 12.1. The molecule has 0 radical (unpaired) electrons. The van der Waals surface area contributed by atoms with E-state index in [1.807, 2.05) is 0 Å². The summed E-state index contributed by atoms with van der Waals surface area (Å²) >= 11 is 0. The third-order valence-electron chi connectivity index (χ3n) is 2.07. The summed E-state index contributed by atoms with van der Waals surface area (Å²) in [5.41, 5.74) is 3.97. The lowest BCUT2D eigenvalue weighted by atomic mass is 9.87. The van der Waals surface area contributed by atoms with Gasteiger partial charge in [0.05, 0.1) is 6.61 Å². The fraction of sp³-hybridized carbons (Fsp3) is 0.778. The zero-order valence-electron chi connectivity index (χ0n) is 8.99. The molecule has 1 atom stereocenters. The molecule has 0 aromatic rings. The largest absolute Gasteiger partial charge is 0.396 e. The van der Waals surface area contributed by atoms with Crippen molar-refractivity contribution in [3.8, 4) is 0 Å². The summed E-state index contributed by atoms with van der Waals surface area (Å²) in [7, 11) is 0. The second-order valence-electron chi connectivity index (χ2n) is 4.06. The summed E-state index contributed by atoms with van der Waals surface area (Å²) in [6.45, 7) is 2.90. The van der Waals surface area contributed by atoms with E-state index in [1.54, 1.807) is 13.8 Å². The molecule has 0 aliphatic heterocycles. The average molecular weight is 218 g/mol. The first-order valence-electron chi connectivity index (χ1n) is 4.66. The van der Waals surface area contributed by atoms with Crippen LogP contribution in [0.1, 0.15) is 20.3 Å². The Morgan fingerprint density at radius 1 is 1.47 bits per heavy atom. The van der Waals surface area contributed by atoms with Crippen LogP contribution in [0, 0.1) is 5.41 Å². The molecule has 0 saturated carbocycles. The smallest absolute Gasteiger partial charge is 0.249 e. The maximum absolute atomic E-state index is 11.3. The second kappa shape index (κ2) is 5.67. The lowest BCUT2D eigenvalue weighted by Crippen LogP contribution is -2.46. The van der Waals surface area contributed by atoms with Crippen molar-refractivity contribution in [1.82, 2.24) is 5.32 Å². The van der Waals surface area contributed by atoms with Crippen molar-refractivity contribution in [1.29, 1.82) is 0 Å². The Kier molecular flexibility index (Phi) is 5.24. The Hall–Kier alpha value is -1.14. The van der Waals surface area contributed by atoms with Crippen molar-refractivity contribution in [3.05, 3.63) is 0 Å². The molecule has 2 amide bonds. The molecule has 1 unspecified atom stereocenters. The van der Waals surface area contributed by atoms with Gasteiger partial charge in [-0.15, -0.1) is 0 Å². The average Bonchev–Trinajstić information content (AvgIpc) is 2.15. The molecule has 0 aromatic carbocycles. The highest BCUT2D eigenvalue weighted by molar-refractivity contribution is 5.82. The number of hydrogen-bond acceptors (Lipinski definition) is 4. The van der Waals surface area contributed by atoms with Gasteiger partial charge in [0.25, 0.3) is 0 Å². The normalized spacial score (nSPS) is 13.3. The van der Waals surface area contributed by atoms with E-state index in [0.29, 0.717) is 0 Å². The molecule has 5 N–H and O–H groups in total. The van der Waals surface area contributed by atoms with Crippen molar-refractivity contribution in [2.45, 2.75) is 26.4 Å². The number of aliphatic hydroxyl groups is 2. The first-order valence-corrected chi connectivity index (χ1v) is 4.66. The molecule has 0 rings (SSSR count). The summed E-state index contributed by atoms with van der Waals surface area (Å²) in [6.07, 6.45) is -1.28. The van der Waals surface area contributed by atoms with Crippen LogP contribution in [0.3, 0.4) is 0 Å². The minimum atomic E-state index is -1.31. The van der Waals surface area contributed by atoms with E-state index >= 15 is 0 Å². The van der Waals surface area contributed by atoms with Crippen molar-refractivity contribution in [2.24, 2.45) is 11.1 Å². The Labute approximate surface area is 88.5 Å². The van der Waals surface area contributed by atoms with E-state index in [9.17, 15) is 14.7 Å². The van der Waals surface area contributed by atoms with E-state index < -0.39 is 23.3 Å². The molecule has 0 aliphatic carbocycles. The van der Waals surface area contributed by atoms with Gasteiger partial charge < -0.3 is 21.3 Å². The molecule has 15 heavy (non-hydrogen) atoms. The number of carbonyl (C=O) groups is 2. The van der Waals surface area contributed by atoms with Crippen LogP contribution in [0.5, 0.6) is 0 Å². The first-order chi connectivity index (χ1) is 6.81. The molecule has 0 spiro atoms. The maximum atomic E-state index is 11.3. The molecule has 0 aromatic heterocycles. The van der Waals surface area contributed by atoms with Crippen molar-refractivity contribution >= 4 is 11.8 Å². The van der Waals surface area contributed by atoms with Gasteiger partial charge in [0.1, 0.15) is 6.10 Å². The predicted molar refractivity (Wildman–Crippen MR) is 53.7 cm³/mol. The Morgan fingerprint density at radius 3 is 2.40 bits per heavy atom. The third-order valence-corrected chi connectivity index (χ3v) is 2.07. The topological polar surface area (TPSA) is 113 Å². The summed E-state index contributed by atoms with van der Waals surface area (Å²) in [4.78, 5) is 21.7. The minimum absolute atomic E-state index is 0.0258. The third kappa shape index (κ3) is 4.75. The number of amides is 2. The standard InChI is InChI=1S/C9H18N2O4/c1-9(2,5-12)7(14)8(15)11-4-3-6(10)13/h7,12,14H,3-5H2,1-2H3,(H2,10,13)(H,11,15). The fourth-order valence-electron chi connectivity index (χ4n) is 0.847. The van der Waals surface area contributed by atoms with Gasteiger partial charge in [0, 0.05) is 18.4 Å². The van der Waals surface area contributed by atoms with Gasteiger partial charge in [-0.3, -0.25) is 9.59 Å². The predicted octanol–water partition coefficient (Wildman–Crippen LogP) is -1.64. The molecule has 0 fully saturated rings. The molecular formula is C9H18N2O4. The van der Waals surface area contributed by atoms with E-state index in [4.69, 9.17) is 10.8 Å². The van der Waals surface area contributed by atoms with Gasteiger partial charge in [-0.2, -0.15) is 0 Å². The van der Waals surface area contributed by atoms with Gasteiger partial charge in [0.15, 0.2) is 0 Å². The number of carbonyl (C=O) groups excluding carboxylic acids is 2.